The molecule has 4 nitrogen and oxygen atoms in total. The summed E-state index contributed by atoms with van der Waals surface area (Å²) in [7, 11) is 0. The first kappa shape index (κ1) is 11.6. The van der Waals surface area contributed by atoms with Gasteiger partial charge in [0.05, 0.1) is 0 Å². The van der Waals surface area contributed by atoms with Crippen molar-refractivity contribution in [1.29, 1.82) is 0 Å². The van der Waals surface area contributed by atoms with Gasteiger partial charge in [-0.15, -0.1) is 10.2 Å². The molecule has 2 N–H and O–H groups in total. The second kappa shape index (κ2) is 4.95. The molecule has 0 spiro atoms. The lowest BCUT2D eigenvalue weighted by Crippen LogP contribution is -2.18. The predicted molar refractivity (Wildman–Crippen MR) is 64.2 cm³/mol. The fourth-order valence-electron chi connectivity index (χ4n) is 2.58. The summed E-state index contributed by atoms with van der Waals surface area (Å²) in [5.41, 5.74) is 5.79. The highest BCUT2D eigenvalue weighted by Gasteiger charge is 2.21. The van der Waals surface area contributed by atoms with Gasteiger partial charge in [-0.25, -0.2) is 0 Å². The largest absolute Gasteiger partial charge is 0.328 e. The number of aryl methyl sites for hydroxylation is 2. The molecule has 0 aromatic carbocycles. The van der Waals surface area contributed by atoms with Crippen molar-refractivity contribution in [2.75, 3.05) is 0 Å². The van der Waals surface area contributed by atoms with Gasteiger partial charge in [0.2, 0.25) is 0 Å². The van der Waals surface area contributed by atoms with Crippen molar-refractivity contribution in [3.8, 4) is 0 Å². The third-order valence-corrected chi connectivity index (χ3v) is 3.45. The van der Waals surface area contributed by atoms with E-state index < -0.39 is 0 Å². The van der Waals surface area contributed by atoms with E-state index in [1.807, 2.05) is 6.92 Å². The highest BCUT2D eigenvalue weighted by atomic mass is 15.3. The molecule has 1 atom stereocenters. The Kier molecular flexibility index (Phi) is 3.59. The second-order valence-electron chi connectivity index (χ2n) is 4.99. The Balaban J connectivity index is 2.11. The van der Waals surface area contributed by atoms with E-state index in [-0.39, 0.29) is 6.04 Å². The van der Waals surface area contributed by atoms with Crippen LogP contribution in [0.4, 0.5) is 0 Å². The number of rotatable bonds is 4. The van der Waals surface area contributed by atoms with E-state index in [1.165, 1.54) is 25.7 Å². The van der Waals surface area contributed by atoms with Gasteiger partial charge in [0, 0.05) is 18.5 Å². The van der Waals surface area contributed by atoms with Gasteiger partial charge >= 0.3 is 0 Å². The Morgan fingerprint density at radius 3 is 2.69 bits per heavy atom. The summed E-state index contributed by atoms with van der Waals surface area (Å²) >= 11 is 0. The molecule has 2 rings (SSSR count). The lowest BCUT2D eigenvalue weighted by molar-refractivity contribution is 0.479. The first-order valence-corrected chi connectivity index (χ1v) is 6.34. The third kappa shape index (κ3) is 2.43. The van der Waals surface area contributed by atoms with Crippen LogP contribution in [0.1, 0.15) is 56.7 Å². The summed E-state index contributed by atoms with van der Waals surface area (Å²) in [4.78, 5) is 0. The predicted octanol–water partition coefficient (Wildman–Crippen LogP) is 1.98. The summed E-state index contributed by atoms with van der Waals surface area (Å²) < 4.78 is 2.34. The maximum Gasteiger partial charge on any atom is 0.133 e. The van der Waals surface area contributed by atoms with Gasteiger partial charge in [0.25, 0.3) is 0 Å². The molecule has 1 aliphatic carbocycles. The van der Waals surface area contributed by atoms with Crippen molar-refractivity contribution in [2.24, 2.45) is 5.73 Å². The summed E-state index contributed by atoms with van der Waals surface area (Å²) in [6.45, 7) is 4.10. The first-order valence-electron chi connectivity index (χ1n) is 6.34. The molecule has 16 heavy (non-hydrogen) atoms. The van der Waals surface area contributed by atoms with Gasteiger partial charge in [-0.3, -0.25) is 0 Å². The van der Waals surface area contributed by atoms with Gasteiger partial charge in [-0.05, 0) is 33.1 Å². The second-order valence-corrected chi connectivity index (χ2v) is 4.99. The molecule has 0 saturated heterocycles. The third-order valence-electron chi connectivity index (χ3n) is 3.45. The van der Waals surface area contributed by atoms with Crippen LogP contribution < -0.4 is 5.73 Å². The smallest absolute Gasteiger partial charge is 0.133 e. The van der Waals surface area contributed by atoms with Crippen molar-refractivity contribution in [3.05, 3.63) is 11.6 Å². The Bertz CT molecular complexity index is 337. The van der Waals surface area contributed by atoms with E-state index in [0.717, 1.165) is 24.5 Å². The maximum absolute atomic E-state index is 5.79. The number of nitrogens with zero attached hydrogens (tertiary/aromatic N) is 3. The van der Waals surface area contributed by atoms with Crippen LogP contribution in [-0.2, 0) is 6.42 Å². The van der Waals surface area contributed by atoms with Crippen molar-refractivity contribution < 1.29 is 0 Å². The minimum Gasteiger partial charge on any atom is -0.328 e. The average molecular weight is 222 g/mol. The van der Waals surface area contributed by atoms with Crippen LogP contribution >= 0.6 is 0 Å². The molecular formula is C12H22N4. The fourth-order valence-corrected chi connectivity index (χ4v) is 2.58. The van der Waals surface area contributed by atoms with Gasteiger partial charge in [-0.1, -0.05) is 12.8 Å². The molecule has 0 bridgehead atoms. The highest BCUT2D eigenvalue weighted by molar-refractivity contribution is 4.99. The number of nitrogens with two attached hydrogens (primary N) is 1. The Labute approximate surface area is 97.2 Å². The van der Waals surface area contributed by atoms with Gasteiger partial charge in [0.15, 0.2) is 0 Å². The van der Waals surface area contributed by atoms with Crippen LogP contribution in [-0.4, -0.2) is 20.8 Å². The molecule has 1 unspecified atom stereocenters. The quantitative estimate of drug-likeness (QED) is 0.847. The topological polar surface area (TPSA) is 56.7 Å². The molecule has 0 amide bonds. The number of hydrogen-bond acceptors (Lipinski definition) is 3. The summed E-state index contributed by atoms with van der Waals surface area (Å²) in [6, 6.07) is 0.882. The summed E-state index contributed by atoms with van der Waals surface area (Å²) in [5.74, 6) is 2.19. The Morgan fingerprint density at radius 2 is 2.06 bits per heavy atom. The first-order chi connectivity index (χ1) is 7.68. The zero-order valence-electron chi connectivity index (χ0n) is 10.3. The van der Waals surface area contributed by atoms with Crippen LogP contribution in [0.5, 0.6) is 0 Å². The average Bonchev–Trinajstić information content (AvgIpc) is 2.83. The van der Waals surface area contributed by atoms with E-state index in [1.54, 1.807) is 0 Å². The molecule has 4 heteroatoms. The van der Waals surface area contributed by atoms with Gasteiger partial charge in [-0.2, -0.15) is 0 Å². The zero-order valence-corrected chi connectivity index (χ0v) is 10.3. The molecule has 90 valence electrons. The number of hydrogen-bond donors (Lipinski definition) is 1. The molecule has 1 aliphatic rings. The SMILES string of the molecule is Cc1nnc(CCC(C)N)n1C1CCCC1. The molecule has 1 saturated carbocycles. The summed E-state index contributed by atoms with van der Waals surface area (Å²) in [5, 5.41) is 8.50. The molecule has 1 fully saturated rings. The maximum atomic E-state index is 5.79. The standard InChI is InChI=1S/C12H22N4/c1-9(13)7-8-12-15-14-10(2)16(12)11-5-3-4-6-11/h9,11H,3-8,13H2,1-2H3. The molecule has 0 radical (unpaired) electrons. The zero-order chi connectivity index (χ0) is 11.5. The minimum atomic E-state index is 0.244. The molecule has 1 heterocycles. The van der Waals surface area contributed by atoms with E-state index in [0.29, 0.717) is 6.04 Å². The van der Waals surface area contributed by atoms with Gasteiger partial charge < -0.3 is 10.3 Å². The van der Waals surface area contributed by atoms with E-state index in [4.69, 9.17) is 5.73 Å². The van der Waals surface area contributed by atoms with Gasteiger partial charge in [0.1, 0.15) is 11.6 Å². The van der Waals surface area contributed by atoms with Crippen LogP contribution in [0.15, 0.2) is 0 Å². The minimum absolute atomic E-state index is 0.244. The molecular weight excluding hydrogens is 200 g/mol. The molecule has 0 aliphatic heterocycles. The normalized spacial score (nSPS) is 19.2. The lowest BCUT2D eigenvalue weighted by atomic mass is 10.1. The highest BCUT2D eigenvalue weighted by Crippen LogP contribution is 2.31. The number of aromatic nitrogens is 3. The van der Waals surface area contributed by atoms with Crippen LogP contribution in [0.3, 0.4) is 0 Å². The van der Waals surface area contributed by atoms with Crippen molar-refractivity contribution in [1.82, 2.24) is 14.8 Å². The monoisotopic (exact) mass is 222 g/mol. The van der Waals surface area contributed by atoms with E-state index >= 15 is 0 Å². The van der Waals surface area contributed by atoms with Crippen molar-refractivity contribution in [3.63, 3.8) is 0 Å². The van der Waals surface area contributed by atoms with Crippen LogP contribution in [0.2, 0.25) is 0 Å². The Morgan fingerprint density at radius 1 is 1.38 bits per heavy atom. The Hall–Kier alpha value is -0.900. The molecule has 1 aromatic rings. The summed E-state index contributed by atoms with van der Waals surface area (Å²) in [6.07, 6.45) is 7.19. The van der Waals surface area contributed by atoms with Crippen molar-refractivity contribution in [2.45, 2.75) is 64.5 Å². The van der Waals surface area contributed by atoms with E-state index in [2.05, 4.69) is 21.7 Å². The van der Waals surface area contributed by atoms with Crippen LogP contribution in [0, 0.1) is 6.92 Å². The molecule has 1 aromatic heterocycles. The lowest BCUT2D eigenvalue weighted by Gasteiger charge is -2.16. The van der Waals surface area contributed by atoms with E-state index in [9.17, 15) is 0 Å². The fraction of sp³-hybridized carbons (Fsp3) is 0.833. The van der Waals surface area contributed by atoms with Crippen LogP contribution in [0.25, 0.3) is 0 Å². The van der Waals surface area contributed by atoms with Crippen molar-refractivity contribution >= 4 is 0 Å².